The number of halogens is 1. The number of rotatable bonds is 5. The Bertz CT molecular complexity index is 272. The lowest BCUT2D eigenvalue weighted by molar-refractivity contribution is 0.442. The van der Waals surface area contributed by atoms with E-state index in [1.807, 2.05) is 6.07 Å². The van der Waals surface area contributed by atoms with E-state index in [1.165, 1.54) is 4.88 Å². The summed E-state index contributed by atoms with van der Waals surface area (Å²) in [7, 11) is 0. The summed E-state index contributed by atoms with van der Waals surface area (Å²) in [5.74, 6) is 0. The van der Waals surface area contributed by atoms with Crippen LogP contribution in [-0.4, -0.2) is 6.04 Å². The average Bonchev–Trinajstić information content (AvgIpc) is 2.60. The van der Waals surface area contributed by atoms with E-state index in [9.17, 15) is 0 Å². The molecule has 0 aliphatic heterocycles. The first-order valence-corrected chi connectivity index (χ1v) is 6.38. The van der Waals surface area contributed by atoms with Crippen molar-refractivity contribution in [3.8, 4) is 0 Å². The fraction of sp³-hybridized carbons (Fsp3) is 0.636. The van der Waals surface area contributed by atoms with Gasteiger partial charge in [-0.1, -0.05) is 25.4 Å². The van der Waals surface area contributed by atoms with Gasteiger partial charge in [0.05, 0.1) is 4.34 Å². The zero-order valence-corrected chi connectivity index (χ0v) is 10.6. The molecule has 0 saturated heterocycles. The maximum absolute atomic E-state index is 5.92. The Kier molecular flexibility index (Phi) is 4.93. The van der Waals surface area contributed by atoms with Crippen LogP contribution in [0.15, 0.2) is 12.1 Å². The fourth-order valence-electron chi connectivity index (χ4n) is 1.38. The van der Waals surface area contributed by atoms with E-state index >= 15 is 0 Å². The fourth-order valence-corrected chi connectivity index (χ4v) is 2.58. The smallest absolute Gasteiger partial charge is 0.0931 e. The summed E-state index contributed by atoms with van der Waals surface area (Å²) in [6.45, 7) is 6.62. The molecule has 1 aromatic heterocycles. The SMILES string of the molecule is CCC(C)NC(CC)c1ccc(Cl)s1. The zero-order valence-electron chi connectivity index (χ0n) is 9.01. The molecule has 0 bridgehead atoms. The Morgan fingerprint density at radius 2 is 2.07 bits per heavy atom. The molecular weight excluding hydrogens is 214 g/mol. The molecule has 2 unspecified atom stereocenters. The van der Waals surface area contributed by atoms with Gasteiger partial charge in [0.1, 0.15) is 0 Å². The quantitative estimate of drug-likeness (QED) is 0.799. The van der Waals surface area contributed by atoms with E-state index < -0.39 is 0 Å². The maximum Gasteiger partial charge on any atom is 0.0931 e. The van der Waals surface area contributed by atoms with Crippen LogP contribution >= 0.6 is 22.9 Å². The molecule has 1 N–H and O–H groups in total. The van der Waals surface area contributed by atoms with Crippen LogP contribution in [0.2, 0.25) is 4.34 Å². The van der Waals surface area contributed by atoms with Gasteiger partial charge in [0.2, 0.25) is 0 Å². The summed E-state index contributed by atoms with van der Waals surface area (Å²) in [5, 5.41) is 3.60. The molecule has 0 aromatic carbocycles. The van der Waals surface area contributed by atoms with Crippen molar-refractivity contribution < 1.29 is 0 Å². The highest BCUT2D eigenvalue weighted by molar-refractivity contribution is 7.16. The van der Waals surface area contributed by atoms with Gasteiger partial charge in [-0.2, -0.15) is 0 Å². The van der Waals surface area contributed by atoms with Crippen molar-refractivity contribution in [3.63, 3.8) is 0 Å². The molecule has 0 aliphatic rings. The molecule has 0 amide bonds. The second-order valence-electron chi connectivity index (χ2n) is 3.58. The van der Waals surface area contributed by atoms with E-state index in [0.29, 0.717) is 12.1 Å². The predicted octanol–water partition coefficient (Wildman–Crippen LogP) is 4.24. The van der Waals surface area contributed by atoms with E-state index in [4.69, 9.17) is 11.6 Å². The van der Waals surface area contributed by atoms with Crippen molar-refractivity contribution in [1.29, 1.82) is 0 Å². The number of hydrogen-bond acceptors (Lipinski definition) is 2. The predicted molar refractivity (Wildman–Crippen MR) is 65.2 cm³/mol. The Morgan fingerprint density at radius 3 is 2.50 bits per heavy atom. The monoisotopic (exact) mass is 231 g/mol. The molecule has 1 heterocycles. The highest BCUT2D eigenvalue weighted by Gasteiger charge is 2.13. The Hall–Kier alpha value is -0.0500. The third-order valence-corrected chi connectivity index (χ3v) is 3.79. The largest absolute Gasteiger partial charge is 0.307 e. The molecule has 0 saturated carbocycles. The normalized spacial score (nSPS) is 15.4. The average molecular weight is 232 g/mol. The minimum Gasteiger partial charge on any atom is -0.307 e. The molecule has 1 nitrogen and oxygen atoms in total. The lowest BCUT2D eigenvalue weighted by atomic mass is 10.1. The summed E-state index contributed by atoms with van der Waals surface area (Å²) in [5.41, 5.74) is 0. The first kappa shape index (κ1) is 12.0. The van der Waals surface area contributed by atoms with Crippen molar-refractivity contribution in [2.24, 2.45) is 0 Å². The van der Waals surface area contributed by atoms with Crippen molar-refractivity contribution in [2.75, 3.05) is 0 Å². The van der Waals surface area contributed by atoms with Gasteiger partial charge in [-0.3, -0.25) is 0 Å². The number of nitrogens with one attached hydrogen (secondary N) is 1. The number of hydrogen-bond donors (Lipinski definition) is 1. The Morgan fingerprint density at radius 1 is 1.36 bits per heavy atom. The summed E-state index contributed by atoms with van der Waals surface area (Å²) < 4.78 is 0.879. The maximum atomic E-state index is 5.92. The van der Waals surface area contributed by atoms with Crippen LogP contribution < -0.4 is 5.32 Å². The molecule has 14 heavy (non-hydrogen) atoms. The minimum atomic E-state index is 0.461. The van der Waals surface area contributed by atoms with Crippen LogP contribution in [0.5, 0.6) is 0 Å². The van der Waals surface area contributed by atoms with Crippen molar-refractivity contribution in [1.82, 2.24) is 5.32 Å². The van der Waals surface area contributed by atoms with Crippen LogP contribution in [0.4, 0.5) is 0 Å². The standard InChI is InChI=1S/C11H18ClNS/c1-4-8(3)13-9(5-2)10-6-7-11(12)14-10/h6-9,13H,4-5H2,1-3H3. The van der Waals surface area contributed by atoms with Gasteiger partial charge in [-0.25, -0.2) is 0 Å². The molecule has 3 heteroatoms. The highest BCUT2D eigenvalue weighted by atomic mass is 35.5. The van der Waals surface area contributed by atoms with Crippen LogP contribution in [-0.2, 0) is 0 Å². The van der Waals surface area contributed by atoms with Gasteiger partial charge in [0, 0.05) is 17.0 Å². The highest BCUT2D eigenvalue weighted by Crippen LogP contribution is 2.28. The van der Waals surface area contributed by atoms with Gasteiger partial charge in [-0.15, -0.1) is 11.3 Å². The Balaban J connectivity index is 2.62. The molecule has 1 aromatic rings. The van der Waals surface area contributed by atoms with Crippen LogP contribution in [0.25, 0.3) is 0 Å². The molecule has 0 radical (unpaired) electrons. The van der Waals surface area contributed by atoms with E-state index in [0.717, 1.165) is 17.2 Å². The van der Waals surface area contributed by atoms with Crippen LogP contribution in [0.1, 0.15) is 44.5 Å². The van der Waals surface area contributed by atoms with Crippen molar-refractivity contribution in [3.05, 3.63) is 21.3 Å². The Labute approximate surface area is 95.5 Å². The van der Waals surface area contributed by atoms with E-state index in [1.54, 1.807) is 11.3 Å². The molecule has 80 valence electrons. The molecule has 2 atom stereocenters. The topological polar surface area (TPSA) is 12.0 Å². The van der Waals surface area contributed by atoms with Gasteiger partial charge >= 0.3 is 0 Å². The zero-order chi connectivity index (χ0) is 10.6. The summed E-state index contributed by atoms with van der Waals surface area (Å²) >= 11 is 7.60. The molecule has 0 spiro atoms. The number of thiophene rings is 1. The summed E-state index contributed by atoms with van der Waals surface area (Å²) in [4.78, 5) is 1.35. The van der Waals surface area contributed by atoms with Crippen molar-refractivity contribution in [2.45, 2.75) is 45.7 Å². The first-order valence-electron chi connectivity index (χ1n) is 5.18. The second-order valence-corrected chi connectivity index (χ2v) is 5.33. The first-order chi connectivity index (χ1) is 6.67. The second kappa shape index (κ2) is 5.74. The third kappa shape index (κ3) is 3.26. The molecule has 1 rings (SSSR count). The van der Waals surface area contributed by atoms with Crippen LogP contribution in [0.3, 0.4) is 0 Å². The van der Waals surface area contributed by atoms with Gasteiger partial charge in [0.15, 0.2) is 0 Å². The summed E-state index contributed by atoms with van der Waals surface area (Å²) in [6, 6.07) is 5.13. The van der Waals surface area contributed by atoms with Gasteiger partial charge < -0.3 is 5.32 Å². The third-order valence-electron chi connectivity index (χ3n) is 2.44. The van der Waals surface area contributed by atoms with E-state index in [-0.39, 0.29) is 0 Å². The van der Waals surface area contributed by atoms with Gasteiger partial charge in [-0.05, 0) is 31.9 Å². The van der Waals surface area contributed by atoms with Crippen molar-refractivity contribution >= 4 is 22.9 Å². The van der Waals surface area contributed by atoms with Gasteiger partial charge in [0.25, 0.3) is 0 Å². The summed E-state index contributed by atoms with van der Waals surface area (Å²) in [6.07, 6.45) is 2.27. The van der Waals surface area contributed by atoms with E-state index in [2.05, 4.69) is 32.2 Å². The minimum absolute atomic E-state index is 0.461. The molecule has 0 aliphatic carbocycles. The molecular formula is C11H18ClNS. The van der Waals surface area contributed by atoms with Crippen LogP contribution in [0, 0.1) is 0 Å². The lowest BCUT2D eigenvalue weighted by Crippen LogP contribution is -2.29. The lowest BCUT2D eigenvalue weighted by Gasteiger charge is -2.20. The molecule has 0 fully saturated rings.